The molecule has 0 saturated carbocycles. The highest BCUT2D eigenvalue weighted by molar-refractivity contribution is 6.07. The molecule has 0 bridgehead atoms. The van der Waals surface area contributed by atoms with E-state index in [0.717, 1.165) is 0 Å². The lowest BCUT2D eigenvalue weighted by molar-refractivity contribution is 0.0505. The molecule has 18 heavy (non-hydrogen) atoms. The fraction of sp³-hybridized carbons (Fsp3) is 0.250. The molecule has 6 nitrogen and oxygen atoms in total. The number of aromatic nitrogens is 2. The summed E-state index contributed by atoms with van der Waals surface area (Å²) in [6.45, 7) is 1.92. The maximum Gasteiger partial charge on any atom is 0.359 e. The summed E-state index contributed by atoms with van der Waals surface area (Å²) >= 11 is 0. The first-order valence-corrected chi connectivity index (χ1v) is 5.41. The molecule has 2 aromatic heterocycles. The maximum atomic E-state index is 11.9. The molecular formula is C12H12N2O4. The number of carbonyl (C=O) groups excluding carboxylic acids is 2. The van der Waals surface area contributed by atoms with Crippen molar-refractivity contribution in [3.8, 4) is 0 Å². The minimum absolute atomic E-state index is 0.0397. The number of methoxy groups -OCH3 is 1. The fourth-order valence-corrected chi connectivity index (χ4v) is 1.64. The van der Waals surface area contributed by atoms with Crippen LogP contribution in [-0.4, -0.2) is 35.3 Å². The minimum atomic E-state index is -0.665. The Balaban J connectivity index is 2.65. The number of pyridine rings is 1. The summed E-state index contributed by atoms with van der Waals surface area (Å²) in [5.74, 6) is -1.25. The Morgan fingerprint density at radius 3 is 2.78 bits per heavy atom. The van der Waals surface area contributed by atoms with Gasteiger partial charge in [0, 0.05) is 6.20 Å². The number of rotatable bonds is 3. The highest BCUT2D eigenvalue weighted by Gasteiger charge is 2.25. The lowest BCUT2D eigenvalue weighted by Gasteiger charge is -2.01. The van der Waals surface area contributed by atoms with Crippen LogP contribution in [-0.2, 0) is 9.47 Å². The first-order chi connectivity index (χ1) is 8.69. The van der Waals surface area contributed by atoms with Crippen molar-refractivity contribution in [1.29, 1.82) is 0 Å². The van der Waals surface area contributed by atoms with Crippen LogP contribution >= 0.6 is 0 Å². The summed E-state index contributed by atoms with van der Waals surface area (Å²) in [5, 5.41) is 4.03. The van der Waals surface area contributed by atoms with Crippen LogP contribution in [0, 0.1) is 0 Å². The van der Waals surface area contributed by atoms with Gasteiger partial charge < -0.3 is 9.47 Å². The second-order valence-corrected chi connectivity index (χ2v) is 3.47. The molecule has 0 saturated heterocycles. The zero-order chi connectivity index (χ0) is 13.1. The number of nitrogens with zero attached hydrogens (tertiary/aromatic N) is 2. The molecule has 2 heterocycles. The average molecular weight is 248 g/mol. The second-order valence-electron chi connectivity index (χ2n) is 3.47. The van der Waals surface area contributed by atoms with Crippen LogP contribution in [0.3, 0.4) is 0 Å². The van der Waals surface area contributed by atoms with Gasteiger partial charge >= 0.3 is 11.9 Å². The molecule has 2 aromatic rings. The van der Waals surface area contributed by atoms with E-state index in [1.54, 1.807) is 31.3 Å². The molecule has 0 fully saturated rings. The third kappa shape index (κ3) is 1.92. The molecule has 94 valence electrons. The van der Waals surface area contributed by atoms with Crippen LogP contribution in [0.15, 0.2) is 24.4 Å². The van der Waals surface area contributed by atoms with E-state index < -0.39 is 11.9 Å². The Hall–Kier alpha value is -2.37. The summed E-state index contributed by atoms with van der Waals surface area (Å²) in [4.78, 5) is 23.5. The van der Waals surface area contributed by atoms with E-state index in [1.165, 1.54) is 11.6 Å². The molecule has 2 rings (SSSR count). The number of esters is 2. The van der Waals surface area contributed by atoms with Crippen LogP contribution in [0.2, 0.25) is 0 Å². The number of fused-ring (bicyclic) bond motifs is 1. The normalized spacial score (nSPS) is 10.3. The van der Waals surface area contributed by atoms with E-state index >= 15 is 0 Å². The van der Waals surface area contributed by atoms with Crippen LogP contribution in [0.5, 0.6) is 0 Å². The minimum Gasteiger partial charge on any atom is -0.464 e. The first-order valence-electron chi connectivity index (χ1n) is 5.41. The van der Waals surface area contributed by atoms with Crippen LogP contribution in [0.25, 0.3) is 5.52 Å². The van der Waals surface area contributed by atoms with Gasteiger partial charge in [-0.2, -0.15) is 5.10 Å². The molecule has 0 atom stereocenters. The van der Waals surface area contributed by atoms with Crippen LogP contribution in [0.1, 0.15) is 27.8 Å². The van der Waals surface area contributed by atoms with E-state index in [1.807, 2.05) is 0 Å². The average Bonchev–Trinajstić information content (AvgIpc) is 2.77. The third-order valence-corrected chi connectivity index (χ3v) is 2.40. The summed E-state index contributed by atoms with van der Waals surface area (Å²) in [6, 6.07) is 5.18. The lowest BCUT2D eigenvalue weighted by atomic mass is 10.2. The molecular weight excluding hydrogens is 236 g/mol. The van der Waals surface area contributed by atoms with Crippen molar-refractivity contribution < 1.29 is 19.1 Å². The van der Waals surface area contributed by atoms with E-state index in [0.29, 0.717) is 5.52 Å². The highest BCUT2D eigenvalue weighted by Crippen LogP contribution is 2.17. The number of ether oxygens (including phenoxy) is 2. The van der Waals surface area contributed by atoms with Gasteiger partial charge in [-0.05, 0) is 19.1 Å². The molecule has 6 heteroatoms. The predicted octanol–water partition coefficient (Wildman–Crippen LogP) is 1.30. The number of carbonyl (C=O) groups is 2. The first kappa shape index (κ1) is 12.1. The van der Waals surface area contributed by atoms with Gasteiger partial charge in [0.15, 0.2) is 5.69 Å². The molecule has 0 amide bonds. The summed E-state index contributed by atoms with van der Waals surface area (Å²) in [6.07, 6.45) is 1.64. The van der Waals surface area contributed by atoms with Gasteiger partial charge in [0.25, 0.3) is 0 Å². The van der Waals surface area contributed by atoms with Gasteiger partial charge in [-0.15, -0.1) is 0 Å². The predicted molar refractivity (Wildman–Crippen MR) is 62.5 cm³/mol. The standard InChI is InChI=1S/C12H12N2O4/c1-3-18-11(15)9-8-6-4-5-7-14(8)13-10(9)12(16)17-2/h4-7H,3H2,1-2H3. The van der Waals surface area contributed by atoms with Crippen molar-refractivity contribution in [2.45, 2.75) is 6.92 Å². The monoisotopic (exact) mass is 248 g/mol. The van der Waals surface area contributed by atoms with Crippen molar-refractivity contribution in [1.82, 2.24) is 9.61 Å². The zero-order valence-corrected chi connectivity index (χ0v) is 10.0. The second kappa shape index (κ2) is 4.87. The number of hydrogen-bond acceptors (Lipinski definition) is 5. The molecule has 0 aliphatic rings. The van der Waals surface area contributed by atoms with Gasteiger partial charge in [0.1, 0.15) is 5.56 Å². The van der Waals surface area contributed by atoms with Gasteiger partial charge in [-0.1, -0.05) is 6.07 Å². The summed E-state index contributed by atoms with van der Waals surface area (Å²) in [7, 11) is 1.24. The summed E-state index contributed by atoms with van der Waals surface area (Å²) < 4.78 is 11.0. The Morgan fingerprint density at radius 2 is 2.11 bits per heavy atom. The molecule has 0 aliphatic carbocycles. The smallest absolute Gasteiger partial charge is 0.359 e. The number of hydrogen-bond donors (Lipinski definition) is 0. The quantitative estimate of drug-likeness (QED) is 0.766. The third-order valence-electron chi connectivity index (χ3n) is 2.40. The fourth-order valence-electron chi connectivity index (χ4n) is 1.64. The molecule has 0 aliphatic heterocycles. The van der Waals surface area contributed by atoms with E-state index in [4.69, 9.17) is 4.74 Å². The van der Waals surface area contributed by atoms with Crippen molar-refractivity contribution >= 4 is 17.5 Å². The Bertz CT molecular complexity index is 603. The zero-order valence-electron chi connectivity index (χ0n) is 10.0. The molecule has 0 aromatic carbocycles. The molecule has 0 spiro atoms. The maximum absolute atomic E-state index is 11.9. The molecule has 0 radical (unpaired) electrons. The van der Waals surface area contributed by atoms with Crippen molar-refractivity contribution in [3.05, 3.63) is 35.7 Å². The van der Waals surface area contributed by atoms with E-state index in [-0.39, 0.29) is 17.9 Å². The Kier molecular flexibility index (Phi) is 3.27. The van der Waals surface area contributed by atoms with Crippen molar-refractivity contribution in [2.24, 2.45) is 0 Å². The van der Waals surface area contributed by atoms with Gasteiger partial charge in [-0.3, -0.25) is 0 Å². The Morgan fingerprint density at radius 1 is 1.33 bits per heavy atom. The van der Waals surface area contributed by atoms with Gasteiger partial charge in [-0.25, -0.2) is 14.1 Å². The Labute approximate surface area is 103 Å². The topological polar surface area (TPSA) is 69.9 Å². The van der Waals surface area contributed by atoms with Gasteiger partial charge in [0.2, 0.25) is 0 Å². The lowest BCUT2D eigenvalue weighted by Crippen LogP contribution is -2.12. The van der Waals surface area contributed by atoms with Crippen molar-refractivity contribution in [2.75, 3.05) is 13.7 Å². The van der Waals surface area contributed by atoms with Gasteiger partial charge in [0.05, 0.1) is 19.2 Å². The van der Waals surface area contributed by atoms with E-state index in [9.17, 15) is 9.59 Å². The molecule has 0 unspecified atom stereocenters. The van der Waals surface area contributed by atoms with Crippen molar-refractivity contribution in [3.63, 3.8) is 0 Å². The SMILES string of the molecule is CCOC(=O)c1c(C(=O)OC)nn2ccccc12. The highest BCUT2D eigenvalue weighted by atomic mass is 16.5. The summed E-state index contributed by atoms with van der Waals surface area (Å²) in [5.41, 5.74) is 0.600. The van der Waals surface area contributed by atoms with Crippen LogP contribution < -0.4 is 0 Å². The largest absolute Gasteiger partial charge is 0.464 e. The van der Waals surface area contributed by atoms with Crippen LogP contribution in [0.4, 0.5) is 0 Å². The molecule has 0 N–H and O–H groups in total. The van der Waals surface area contributed by atoms with E-state index in [2.05, 4.69) is 9.84 Å².